The van der Waals surface area contributed by atoms with Crippen molar-refractivity contribution in [2.45, 2.75) is 76.4 Å². The zero-order chi connectivity index (χ0) is 17.2. The molecule has 2 aliphatic carbocycles. The number of anilines is 1. The summed E-state index contributed by atoms with van der Waals surface area (Å²) in [6, 6.07) is 0.286. The van der Waals surface area contributed by atoms with Crippen molar-refractivity contribution in [3.63, 3.8) is 0 Å². The van der Waals surface area contributed by atoms with Crippen LogP contribution in [0.5, 0.6) is 0 Å². The third-order valence-electron chi connectivity index (χ3n) is 5.55. The van der Waals surface area contributed by atoms with E-state index in [9.17, 15) is 9.59 Å². The first kappa shape index (κ1) is 17.0. The van der Waals surface area contributed by atoms with Gasteiger partial charge in [0.1, 0.15) is 11.1 Å². The molecular weight excluding hydrogens is 336 g/mol. The molecule has 3 aliphatic rings. The first-order valence-corrected chi connectivity index (χ1v) is 10.4. The SMILES string of the molecule is O=C(NC1CCCC1)c1c(NC(=O)[C@@H]2CCCO2)sc2c1CCCC2. The Kier molecular flexibility index (Phi) is 5.08. The number of rotatable bonds is 4. The minimum atomic E-state index is -0.370. The van der Waals surface area contributed by atoms with Gasteiger partial charge in [0.05, 0.1) is 5.56 Å². The van der Waals surface area contributed by atoms with E-state index in [2.05, 4.69) is 10.6 Å². The van der Waals surface area contributed by atoms with Gasteiger partial charge in [-0.3, -0.25) is 9.59 Å². The maximum atomic E-state index is 13.0. The minimum absolute atomic E-state index is 0.00561. The fourth-order valence-electron chi connectivity index (χ4n) is 4.20. The van der Waals surface area contributed by atoms with Gasteiger partial charge in [0.25, 0.3) is 11.8 Å². The van der Waals surface area contributed by atoms with Crippen LogP contribution in [0.1, 0.15) is 72.2 Å². The van der Waals surface area contributed by atoms with Crippen molar-refractivity contribution in [3.05, 3.63) is 16.0 Å². The van der Waals surface area contributed by atoms with Crippen molar-refractivity contribution in [1.29, 1.82) is 0 Å². The summed E-state index contributed by atoms with van der Waals surface area (Å²) in [6.45, 7) is 0.647. The summed E-state index contributed by atoms with van der Waals surface area (Å²) in [5.74, 6) is -0.111. The van der Waals surface area contributed by atoms with Crippen molar-refractivity contribution < 1.29 is 14.3 Å². The number of nitrogens with one attached hydrogen (secondary N) is 2. The van der Waals surface area contributed by atoms with Crippen molar-refractivity contribution in [3.8, 4) is 0 Å². The molecule has 1 aliphatic heterocycles. The first-order valence-electron chi connectivity index (χ1n) is 9.60. The van der Waals surface area contributed by atoms with E-state index in [1.54, 1.807) is 11.3 Å². The van der Waals surface area contributed by atoms with Crippen molar-refractivity contribution in [2.75, 3.05) is 11.9 Å². The molecule has 4 rings (SSSR count). The Morgan fingerprint density at radius 3 is 2.56 bits per heavy atom. The lowest BCUT2D eigenvalue weighted by Crippen LogP contribution is -2.34. The number of fused-ring (bicyclic) bond motifs is 1. The molecule has 0 aromatic carbocycles. The number of carbonyl (C=O) groups excluding carboxylic acids is 2. The Balaban J connectivity index is 1.57. The number of hydrogen-bond acceptors (Lipinski definition) is 4. The third kappa shape index (κ3) is 3.60. The van der Waals surface area contributed by atoms with E-state index in [0.717, 1.165) is 67.5 Å². The van der Waals surface area contributed by atoms with Crippen LogP contribution < -0.4 is 10.6 Å². The lowest BCUT2D eigenvalue weighted by atomic mass is 9.95. The summed E-state index contributed by atoms with van der Waals surface area (Å²) >= 11 is 1.59. The number of hydrogen-bond donors (Lipinski definition) is 2. The molecule has 2 fully saturated rings. The molecule has 6 heteroatoms. The largest absolute Gasteiger partial charge is 0.368 e. The van der Waals surface area contributed by atoms with Gasteiger partial charge in [-0.1, -0.05) is 12.8 Å². The molecule has 2 N–H and O–H groups in total. The van der Waals surface area contributed by atoms with Crippen molar-refractivity contribution in [2.24, 2.45) is 0 Å². The molecule has 1 saturated heterocycles. The van der Waals surface area contributed by atoms with E-state index < -0.39 is 0 Å². The van der Waals surface area contributed by atoms with Crippen LogP contribution in [0.3, 0.4) is 0 Å². The molecule has 2 heterocycles. The molecule has 1 aromatic heterocycles. The van der Waals surface area contributed by atoms with Crippen molar-refractivity contribution in [1.82, 2.24) is 5.32 Å². The van der Waals surface area contributed by atoms with Crippen LogP contribution in [0.25, 0.3) is 0 Å². The normalized spacial score (nSPS) is 23.4. The van der Waals surface area contributed by atoms with Crippen LogP contribution in [0.2, 0.25) is 0 Å². The molecule has 0 spiro atoms. The summed E-state index contributed by atoms with van der Waals surface area (Å²) in [5, 5.41) is 6.93. The third-order valence-corrected chi connectivity index (χ3v) is 6.75. The summed E-state index contributed by atoms with van der Waals surface area (Å²) < 4.78 is 5.49. The summed E-state index contributed by atoms with van der Waals surface area (Å²) in [4.78, 5) is 26.7. The smallest absolute Gasteiger partial charge is 0.254 e. The standard InChI is InChI=1S/C19H26N2O3S/c22-17(14-9-5-11-24-14)21-19-16(13-8-3-4-10-15(13)25-19)18(23)20-12-6-1-2-7-12/h12,14H,1-11H2,(H,20,23)(H,21,22)/t14-/m0/s1. The quantitative estimate of drug-likeness (QED) is 0.862. The Bertz CT molecular complexity index is 658. The average molecular weight is 362 g/mol. The maximum Gasteiger partial charge on any atom is 0.254 e. The van der Waals surface area contributed by atoms with E-state index in [1.807, 2.05) is 0 Å². The lowest BCUT2D eigenvalue weighted by molar-refractivity contribution is -0.124. The van der Waals surface area contributed by atoms with Crippen LogP contribution in [0, 0.1) is 0 Å². The highest BCUT2D eigenvalue weighted by Crippen LogP contribution is 2.38. The second-order valence-electron chi connectivity index (χ2n) is 7.36. The molecule has 2 amide bonds. The number of thiophene rings is 1. The molecule has 1 aromatic rings. The Hall–Kier alpha value is -1.40. The van der Waals surface area contributed by atoms with E-state index in [4.69, 9.17) is 4.74 Å². The van der Waals surface area contributed by atoms with Gasteiger partial charge in [0.2, 0.25) is 0 Å². The monoisotopic (exact) mass is 362 g/mol. The Morgan fingerprint density at radius 2 is 1.80 bits per heavy atom. The number of carbonyl (C=O) groups is 2. The molecular formula is C19H26N2O3S. The number of aryl methyl sites for hydroxylation is 1. The fraction of sp³-hybridized carbons (Fsp3) is 0.684. The predicted molar refractivity (Wildman–Crippen MR) is 98.3 cm³/mol. The van der Waals surface area contributed by atoms with Crippen LogP contribution in [0.4, 0.5) is 5.00 Å². The maximum absolute atomic E-state index is 13.0. The van der Waals surface area contributed by atoms with Gasteiger partial charge in [-0.2, -0.15) is 0 Å². The first-order chi connectivity index (χ1) is 12.2. The van der Waals surface area contributed by atoms with E-state index in [-0.39, 0.29) is 24.0 Å². The zero-order valence-electron chi connectivity index (χ0n) is 14.6. The second kappa shape index (κ2) is 7.46. The lowest BCUT2D eigenvalue weighted by Gasteiger charge is -2.16. The molecule has 136 valence electrons. The average Bonchev–Trinajstić information content (AvgIpc) is 3.35. The Morgan fingerprint density at radius 1 is 1.00 bits per heavy atom. The van der Waals surface area contributed by atoms with Crippen LogP contribution in [-0.4, -0.2) is 30.6 Å². The van der Waals surface area contributed by atoms with Gasteiger partial charge in [0.15, 0.2) is 0 Å². The number of amides is 2. The van der Waals surface area contributed by atoms with E-state index >= 15 is 0 Å². The number of ether oxygens (including phenoxy) is 1. The fourth-order valence-corrected chi connectivity index (χ4v) is 5.49. The summed E-state index contributed by atoms with van der Waals surface area (Å²) in [6.07, 6.45) is 10.1. The molecule has 1 atom stereocenters. The van der Waals surface area contributed by atoms with E-state index in [0.29, 0.717) is 6.61 Å². The topological polar surface area (TPSA) is 67.4 Å². The molecule has 25 heavy (non-hydrogen) atoms. The Labute approximate surface area is 152 Å². The van der Waals surface area contributed by atoms with Gasteiger partial charge in [-0.15, -0.1) is 11.3 Å². The molecule has 0 bridgehead atoms. The second-order valence-corrected chi connectivity index (χ2v) is 8.47. The predicted octanol–water partition coefficient (Wildman–Crippen LogP) is 3.42. The van der Waals surface area contributed by atoms with Crippen LogP contribution >= 0.6 is 11.3 Å². The van der Waals surface area contributed by atoms with Gasteiger partial charge >= 0.3 is 0 Å². The van der Waals surface area contributed by atoms with Gasteiger partial charge in [0, 0.05) is 17.5 Å². The van der Waals surface area contributed by atoms with Gasteiger partial charge in [-0.05, 0) is 56.9 Å². The highest BCUT2D eigenvalue weighted by Gasteiger charge is 2.30. The molecule has 1 saturated carbocycles. The summed E-state index contributed by atoms with van der Waals surface area (Å²) in [5.41, 5.74) is 1.88. The van der Waals surface area contributed by atoms with Gasteiger partial charge in [-0.25, -0.2) is 0 Å². The minimum Gasteiger partial charge on any atom is -0.368 e. The molecule has 0 unspecified atom stereocenters. The highest BCUT2D eigenvalue weighted by atomic mass is 32.1. The van der Waals surface area contributed by atoms with Gasteiger partial charge < -0.3 is 15.4 Å². The zero-order valence-corrected chi connectivity index (χ0v) is 15.4. The van der Waals surface area contributed by atoms with Crippen molar-refractivity contribution >= 4 is 28.2 Å². The van der Waals surface area contributed by atoms with Crippen LogP contribution in [-0.2, 0) is 22.4 Å². The highest BCUT2D eigenvalue weighted by molar-refractivity contribution is 7.17. The van der Waals surface area contributed by atoms with E-state index in [1.165, 1.54) is 17.7 Å². The summed E-state index contributed by atoms with van der Waals surface area (Å²) in [7, 11) is 0. The molecule has 0 radical (unpaired) electrons. The van der Waals surface area contributed by atoms with Crippen LogP contribution in [0.15, 0.2) is 0 Å². The molecule has 5 nitrogen and oxygen atoms in total.